The monoisotopic (exact) mass is 217 g/mol. The Balaban J connectivity index is 2.03. The fraction of sp³-hybridized carbons (Fsp3) is 0.429. The summed E-state index contributed by atoms with van der Waals surface area (Å²) in [5.74, 6) is 0. The van der Waals surface area contributed by atoms with Gasteiger partial charge in [0.05, 0.1) is 6.10 Å². The average molecular weight is 217 g/mol. The molecule has 0 amide bonds. The van der Waals surface area contributed by atoms with E-state index in [2.05, 4.69) is 42.7 Å². The maximum Gasteiger partial charge on any atom is 0.0900 e. The van der Waals surface area contributed by atoms with Crippen molar-refractivity contribution in [1.29, 1.82) is 0 Å². The van der Waals surface area contributed by atoms with Gasteiger partial charge in [-0.2, -0.15) is 0 Å². The number of hydrogen-bond acceptors (Lipinski definition) is 2. The Kier molecular flexibility index (Phi) is 3.42. The van der Waals surface area contributed by atoms with Gasteiger partial charge in [-0.15, -0.1) is 0 Å². The van der Waals surface area contributed by atoms with Gasteiger partial charge in [0.25, 0.3) is 0 Å². The summed E-state index contributed by atoms with van der Waals surface area (Å²) in [7, 11) is 0. The fourth-order valence-corrected chi connectivity index (χ4v) is 2.22. The number of benzene rings is 1. The zero-order valence-corrected chi connectivity index (χ0v) is 9.76. The van der Waals surface area contributed by atoms with Gasteiger partial charge < -0.3 is 5.11 Å². The molecule has 1 aromatic carbocycles. The summed E-state index contributed by atoms with van der Waals surface area (Å²) in [6.45, 7) is 7.88. The van der Waals surface area contributed by atoms with Gasteiger partial charge >= 0.3 is 0 Å². The van der Waals surface area contributed by atoms with E-state index in [1.165, 1.54) is 5.56 Å². The van der Waals surface area contributed by atoms with Crippen molar-refractivity contribution in [1.82, 2.24) is 4.90 Å². The lowest BCUT2D eigenvalue weighted by atomic mass is 9.95. The molecule has 0 aromatic heterocycles. The van der Waals surface area contributed by atoms with E-state index in [0.717, 1.165) is 25.1 Å². The molecule has 0 bridgehead atoms. The molecule has 0 saturated carbocycles. The summed E-state index contributed by atoms with van der Waals surface area (Å²) in [5, 5.41) is 9.95. The first-order valence-corrected chi connectivity index (χ1v) is 5.82. The van der Waals surface area contributed by atoms with Crippen molar-refractivity contribution >= 4 is 0 Å². The van der Waals surface area contributed by atoms with Crippen molar-refractivity contribution in [2.75, 3.05) is 6.54 Å². The van der Waals surface area contributed by atoms with E-state index < -0.39 is 0 Å². The van der Waals surface area contributed by atoms with Crippen LogP contribution in [0.3, 0.4) is 0 Å². The second-order valence-electron chi connectivity index (χ2n) is 4.55. The maximum atomic E-state index is 9.95. The minimum atomic E-state index is -0.377. The molecule has 1 saturated heterocycles. The molecular weight excluding hydrogens is 198 g/mol. The summed E-state index contributed by atoms with van der Waals surface area (Å²) in [4.78, 5) is 2.31. The van der Waals surface area contributed by atoms with E-state index in [1.54, 1.807) is 0 Å². The smallest absolute Gasteiger partial charge is 0.0900 e. The Bertz CT molecular complexity index is 360. The molecule has 0 spiro atoms. The molecule has 2 rings (SSSR count). The average Bonchev–Trinajstić information content (AvgIpc) is 2.31. The van der Waals surface area contributed by atoms with Gasteiger partial charge in [0.2, 0.25) is 0 Å². The van der Waals surface area contributed by atoms with Crippen LogP contribution in [0.1, 0.15) is 18.9 Å². The predicted octanol–water partition coefficient (Wildman–Crippen LogP) is 2.20. The van der Waals surface area contributed by atoms with Crippen LogP contribution in [0, 0.1) is 0 Å². The summed E-state index contributed by atoms with van der Waals surface area (Å²) in [5.41, 5.74) is 2.27. The van der Waals surface area contributed by atoms with Crippen molar-refractivity contribution in [2.45, 2.75) is 32.0 Å². The van der Waals surface area contributed by atoms with E-state index in [-0.39, 0.29) is 12.1 Å². The summed E-state index contributed by atoms with van der Waals surface area (Å²) >= 11 is 0. The zero-order chi connectivity index (χ0) is 11.5. The van der Waals surface area contributed by atoms with Crippen LogP contribution in [0.15, 0.2) is 42.5 Å². The third kappa shape index (κ3) is 2.34. The van der Waals surface area contributed by atoms with Crippen LogP contribution >= 0.6 is 0 Å². The molecule has 1 aliphatic heterocycles. The zero-order valence-electron chi connectivity index (χ0n) is 9.76. The summed E-state index contributed by atoms with van der Waals surface area (Å²) < 4.78 is 0. The summed E-state index contributed by atoms with van der Waals surface area (Å²) in [6, 6.07) is 10.6. The van der Waals surface area contributed by atoms with Gasteiger partial charge in [-0.05, 0) is 24.5 Å². The van der Waals surface area contributed by atoms with E-state index >= 15 is 0 Å². The highest BCUT2D eigenvalue weighted by atomic mass is 16.3. The van der Waals surface area contributed by atoms with Gasteiger partial charge in [0.1, 0.15) is 0 Å². The Labute approximate surface area is 97.2 Å². The predicted molar refractivity (Wildman–Crippen MR) is 66.1 cm³/mol. The van der Waals surface area contributed by atoms with Crippen LogP contribution in [0.25, 0.3) is 0 Å². The van der Waals surface area contributed by atoms with E-state index in [0.29, 0.717) is 0 Å². The minimum Gasteiger partial charge on any atom is -0.387 e. The third-order valence-electron chi connectivity index (χ3n) is 3.40. The van der Waals surface area contributed by atoms with Crippen LogP contribution in [-0.2, 0) is 6.54 Å². The first-order valence-electron chi connectivity index (χ1n) is 5.82. The van der Waals surface area contributed by atoms with Crippen LogP contribution in [0.4, 0.5) is 0 Å². The molecule has 0 aliphatic carbocycles. The van der Waals surface area contributed by atoms with E-state index in [9.17, 15) is 5.11 Å². The Morgan fingerprint density at radius 1 is 1.38 bits per heavy atom. The lowest BCUT2D eigenvalue weighted by Gasteiger charge is -2.38. The minimum absolute atomic E-state index is 0.168. The Morgan fingerprint density at radius 3 is 2.75 bits per heavy atom. The molecule has 0 unspecified atom stereocenters. The quantitative estimate of drug-likeness (QED) is 0.768. The highest BCUT2D eigenvalue weighted by molar-refractivity contribution is 5.16. The molecule has 2 heteroatoms. The number of piperidine rings is 1. The lowest BCUT2D eigenvalue weighted by molar-refractivity contribution is 0.0521. The number of rotatable bonds is 2. The SMILES string of the molecule is C=C1CCN(Cc2ccccc2)[C@@H](C)[C@H]1O. The highest BCUT2D eigenvalue weighted by Gasteiger charge is 2.28. The van der Waals surface area contributed by atoms with Gasteiger partial charge in [0.15, 0.2) is 0 Å². The number of aliphatic hydroxyl groups is 1. The molecule has 1 aliphatic rings. The molecule has 1 aromatic rings. The molecule has 0 radical (unpaired) electrons. The first kappa shape index (κ1) is 11.4. The third-order valence-corrected chi connectivity index (χ3v) is 3.40. The second kappa shape index (κ2) is 4.81. The highest BCUT2D eigenvalue weighted by Crippen LogP contribution is 2.22. The molecule has 86 valence electrons. The first-order chi connectivity index (χ1) is 7.68. The maximum absolute atomic E-state index is 9.95. The summed E-state index contributed by atoms with van der Waals surface area (Å²) in [6.07, 6.45) is 0.524. The van der Waals surface area contributed by atoms with E-state index in [1.807, 2.05) is 6.07 Å². The van der Waals surface area contributed by atoms with Crippen molar-refractivity contribution in [3.8, 4) is 0 Å². The molecule has 1 N–H and O–H groups in total. The van der Waals surface area contributed by atoms with Gasteiger partial charge in [-0.3, -0.25) is 4.90 Å². The normalized spacial score (nSPS) is 27.0. The standard InChI is InChI=1S/C14H19NO/c1-11-8-9-15(12(2)14(11)16)10-13-6-4-3-5-7-13/h3-7,12,14,16H,1,8-10H2,2H3/t12-,14-/m0/s1. The number of nitrogens with zero attached hydrogens (tertiary/aromatic N) is 1. The molecule has 1 heterocycles. The van der Waals surface area contributed by atoms with Crippen LogP contribution in [0.2, 0.25) is 0 Å². The lowest BCUT2D eigenvalue weighted by Crippen LogP contribution is -2.46. The Morgan fingerprint density at radius 2 is 2.06 bits per heavy atom. The number of hydrogen-bond donors (Lipinski definition) is 1. The van der Waals surface area contributed by atoms with Crippen LogP contribution in [-0.4, -0.2) is 28.7 Å². The Hall–Kier alpha value is -1.12. The molecular formula is C14H19NO. The molecule has 2 nitrogen and oxygen atoms in total. The number of aliphatic hydroxyl groups excluding tert-OH is 1. The van der Waals surface area contributed by atoms with Crippen molar-refractivity contribution in [3.05, 3.63) is 48.0 Å². The second-order valence-corrected chi connectivity index (χ2v) is 4.55. The van der Waals surface area contributed by atoms with Gasteiger partial charge in [-0.1, -0.05) is 36.9 Å². The van der Waals surface area contributed by atoms with Crippen LogP contribution < -0.4 is 0 Å². The van der Waals surface area contributed by atoms with Crippen LogP contribution in [0.5, 0.6) is 0 Å². The van der Waals surface area contributed by atoms with Crippen molar-refractivity contribution < 1.29 is 5.11 Å². The van der Waals surface area contributed by atoms with Crippen molar-refractivity contribution in [3.63, 3.8) is 0 Å². The van der Waals surface area contributed by atoms with Gasteiger partial charge in [0, 0.05) is 19.1 Å². The molecule has 2 atom stereocenters. The van der Waals surface area contributed by atoms with E-state index in [4.69, 9.17) is 0 Å². The van der Waals surface area contributed by atoms with Gasteiger partial charge in [-0.25, -0.2) is 0 Å². The number of likely N-dealkylation sites (tertiary alicyclic amines) is 1. The fourth-order valence-electron chi connectivity index (χ4n) is 2.22. The molecule has 1 fully saturated rings. The van der Waals surface area contributed by atoms with Crippen molar-refractivity contribution in [2.24, 2.45) is 0 Å². The topological polar surface area (TPSA) is 23.5 Å². The largest absolute Gasteiger partial charge is 0.387 e. The molecule has 16 heavy (non-hydrogen) atoms.